The monoisotopic (exact) mass is 472 g/mol. The molecule has 2 aromatic carbocycles. The van der Waals surface area contributed by atoms with Gasteiger partial charge in [0.05, 0.1) is 6.20 Å². The second-order valence-corrected chi connectivity index (χ2v) is 7.98. The van der Waals surface area contributed by atoms with Crippen molar-refractivity contribution in [1.29, 1.82) is 0 Å². The van der Waals surface area contributed by atoms with Crippen LogP contribution in [-0.2, 0) is 16.6 Å². The normalized spacial score (nSPS) is 12.5. The molecular formula is C26H24N4O5. The smallest absolute Gasteiger partial charge is 0.407 e. The molecule has 4 rings (SSSR count). The van der Waals surface area contributed by atoms with Crippen LogP contribution in [0.2, 0.25) is 0 Å². The van der Waals surface area contributed by atoms with E-state index < -0.39 is 24.0 Å². The molecule has 1 unspecified atom stereocenters. The van der Waals surface area contributed by atoms with Crippen molar-refractivity contribution in [2.24, 2.45) is 7.05 Å². The van der Waals surface area contributed by atoms with Crippen molar-refractivity contribution in [1.82, 2.24) is 15.1 Å². The fourth-order valence-electron chi connectivity index (χ4n) is 4.14. The second-order valence-electron chi connectivity index (χ2n) is 7.98. The van der Waals surface area contributed by atoms with E-state index in [1.54, 1.807) is 6.92 Å². The molecule has 0 saturated carbocycles. The number of rotatable bonds is 7. The molecule has 9 nitrogen and oxygen atoms in total. The van der Waals surface area contributed by atoms with E-state index in [9.17, 15) is 19.5 Å². The number of carboxylic acid groups (broad SMARTS) is 1. The largest absolute Gasteiger partial charge is 0.477 e. The third-order valence-electron chi connectivity index (χ3n) is 5.85. The van der Waals surface area contributed by atoms with Crippen LogP contribution in [0.1, 0.15) is 40.7 Å². The summed E-state index contributed by atoms with van der Waals surface area (Å²) >= 11 is 0. The third-order valence-corrected chi connectivity index (χ3v) is 5.85. The van der Waals surface area contributed by atoms with Crippen molar-refractivity contribution < 1.29 is 24.2 Å². The first-order valence-corrected chi connectivity index (χ1v) is 11.0. The van der Waals surface area contributed by atoms with Gasteiger partial charge < -0.3 is 20.5 Å². The van der Waals surface area contributed by atoms with Crippen LogP contribution in [0.15, 0.2) is 54.7 Å². The van der Waals surface area contributed by atoms with Crippen LogP contribution in [0, 0.1) is 11.8 Å². The molecule has 0 radical (unpaired) electrons. The SMILES string of the molecule is CC#CCC(NC(=O)OCC1c2ccccc2-c2ccccc21)C(=O)Nc1c(C(=O)O)cnn1C. The number of aromatic nitrogens is 2. The number of fused-ring (bicyclic) bond motifs is 3. The predicted octanol–water partition coefficient (Wildman–Crippen LogP) is 3.38. The molecule has 178 valence electrons. The van der Waals surface area contributed by atoms with E-state index in [1.807, 2.05) is 48.5 Å². The van der Waals surface area contributed by atoms with Gasteiger partial charge in [-0.3, -0.25) is 9.48 Å². The maximum Gasteiger partial charge on any atom is 0.407 e. The average Bonchev–Trinajstić information content (AvgIpc) is 3.38. The summed E-state index contributed by atoms with van der Waals surface area (Å²) in [7, 11) is 1.50. The minimum atomic E-state index is -1.23. The summed E-state index contributed by atoms with van der Waals surface area (Å²) in [5, 5.41) is 18.3. The van der Waals surface area contributed by atoms with Gasteiger partial charge in [0, 0.05) is 19.4 Å². The van der Waals surface area contributed by atoms with Crippen LogP contribution >= 0.6 is 0 Å². The molecule has 3 aromatic rings. The van der Waals surface area contributed by atoms with E-state index in [4.69, 9.17) is 4.74 Å². The highest BCUT2D eigenvalue weighted by Crippen LogP contribution is 2.44. The van der Waals surface area contributed by atoms with E-state index >= 15 is 0 Å². The van der Waals surface area contributed by atoms with Crippen molar-refractivity contribution in [3.63, 3.8) is 0 Å². The van der Waals surface area contributed by atoms with Crippen LogP contribution in [-0.4, -0.2) is 45.5 Å². The van der Waals surface area contributed by atoms with Crippen LogP contribution in [0.3, 0.4) is 0 Å². The molecule has 0 fully saturated rings. The van der Waals surface area contributed by atoms with Gasteiger partial charge in [-0.25, -0.2) is 9.59 Å². The molecule has 2 amide bonds. The minimum absolute atomic E-state index is 0.00583. The summed E-state index contributed by atoms with van der Waals surface area (Å²) in [6, 6.07) is 14.9. The first-order valence-electron chi connectivity index (χ1n) is 11.0. The lowest BCUT2D eigenvalue weighted by Gasteiger charge is -2.18. The van der Waals surface area contributed by atoms with Gasteiger partial charge >= 0.3 is 12.1 Å². The van der Waals surface area contributed by atoms with Crippen LogP contribution < -0.4 is 10.6 Å². The number of hydrogen-bond acceptors (Lipinski definition) is 5. The molecule has 1 aliphatic carbocycles. The van der Waals surface area contributed by atoms with Crippen molar-refractivity contribution in [3.8, 4) is 23.0 Å². The van der Waals surface area contributed by atoms with Crippen molar-refractivity contribution >= 4 is 23.8 Å². The molecule has 1 aliphatic rings. The summed E-state index contributed by atoms with van der Waals surface area (Å²) in [5.74, 6) is 3.48. The van der Waals surface area contributed by atoms with Gasteiger partial charge in [0.25, 0.3) is 0 Å². The molecule has 3 N–H and O–H groups in total. The highest BCUT2D eigenvalue weighted by Gasteiger charge is 2.30. The lowest BCUT2D eigenvalue weighted by atomic mass is 9.98. The van der Waals surface area contributed by atoms with Gasteiger partial charge in [-0.15, -0.1) is 11.8 Å². The summed E-state index contributed by atoms with van der Waals surface area (Å²) in [6.45, 7) is 1.71. The molecule has 1 aromatic heterocycles. The highest BCUT2D eigenvalue weighted by molar-refractivity contribution is 6.02. The number of carbonyl (C=O) groups excluding carboxylic acids is 2. The Morgan fingerprint density at radius 1 is 1.11 bits per heavy atom. The first-order chi connectivity index (χ1) is 16.9. The van der Waals surface area contributed by atoms with E-state index in [0.29, 0.717) is 0 Å². The molecule has 1 heterocycles. The Labute approximate surface area is 202 Å². The van der Waals surface area contributed by atoms with E-state index in [1.165, 1.54) is 11.7 Å². The standard InChI is InChI=1S/C26H24N4O5/c1-3-4-13-22(24(31)29-23-20(25(32)33)14-27-30(23)2)28-26(34)35-15-21-18-11-7-5-9-16(18)17-10-6-8-12-19(17)21/h5-12,14,21-22H,13,15H2,1-2H3,(H,28,34)(H,29,31)(H,32,33). The van der Waals surface area contributed by atoms with Gasteiger partial charge in [-0.2, -0.15) is 5.10 Å². The van der Waals surface area contributed by atoms with Crippen LogP contribution in [0.25, 0.3) is 11.1 Å². The fraction of sp³-hybridized carbons (Fsp3) is 0.231. The molecule has 0 aliphatic heterocycles. The Morgan fingerprint density at radius 3 is 2.34 bits per heavy atom. The zero-order chi connectivity index (χ0) is 24.9. The molecule has 0 saturated heterocycles. The number of nitrogens with one attached hydrogen (secondary N) is 2. The lowest BCUT2D eigenvalue weighted by molar-refractivity contribution is -0.118. The Kier molecular flexibility index (Phi) is 6.83. The highest BCUT2D eigenvalue weighted by atomic mass is 16.5. The quantitative estimate of drug-likeness (QED) is 0.453. The van der Waals surface area contributed by atoms with E-state index in [-0.39, 0.29) is 30.3 Å². The molecular weight excluding hydrogens is 448 g/mol. The number of aryl methyl sites for hydroxylation is 1. The Balaban J connectivity index is 1.45. The molecule has 0 spiro atoms. The van der Waals surface area contributed by atoms with Crippen LogP contribution in [0.5, 0.6) is 0 Å². The Bertz CT molecular complexity index is 1310. The van der Waals surface area contributed by atoms with E-state index in [2.05, 4.69) is 27.6 Å². The molecule has 9 heteroatoms. The van der Waals surface area contributed by atoms with Gasteiger partial charge in [0.2, 0.25) is 5.91 Å². The number of aromatic carboxylic acids is 1. The predicted molar refractivity (Wildman–Crippen MR) is 129 cm³/mol. The number of alkyl carbamates (subject to hydrolysis) is 1. The van der Waals surface area contributed by atoms with Gasteiger partial charge in [0.15, 0.2) is 0 Å². The average molecular weight is 473 g/mol. The second kappa shape index (κ2) is 10.1. The minimum Gasteiger partial charge on any atom is -0.477 e. The van der Waals surface area contributed by atoms with Crippen molar-refractivity contribution in [3.05, 3.63) is 71.4 Å². The summed E-state index contributed by atoms with van der Waals surface area (Å²) in [4.78, 5) is 37.0. The Hall–Kier alpha value is -4.58. The third kappa shape index (κ3) is 4.87. The van der Waals surface area contributed by atoms with Gasteiger partial charge in [-0.1, -0.05) is 48.5 Å². The number of anilines is 1. The maximum absolute atomic E-state index is 12.9. The van der Waals surface area contributed by atoms with Gasteiger partial charge in [-0.05, 0) is 29.2 Å². The zero-order valence-corrected chi connectivity index (χ0v) is 19.2. The number of ether oxygens (including phenoxy) is 1. The summed E-state index contributed by atoms with van der Waals surface area (Å²) in [5.41, 5.74) is 4.20. The van der Waals surface area contributed by atoms with Crippen molar-refractivity contribution in [2.45, 2.75) is 25.3 Å². The first kappa shape index (κ1) is 23.6. The van der Waals surface area contributed by atoms with Crippen molar-refractivity contribution in [2.75, 3.05) is 11.9 Å². The summed E-state index contributed by atoms with van der Waals surface area (Å²) < 4.78 is 6.76. The lowest BCUT2D eigenvalue weighted by Crippen LogP contribution is -2.44. The number of carboxylic acids is 1. The maximum atomic E-state index is 12.9. The Morgan fingerprint density at radius 2 is 1.74 bits per heavy atom. The number of benzene rings is 2. The summed E-state index contributed by atoms with van der Waals surface area (Å²) in [6.07, 6.45) is 0.387. The molecule has 35 heavy (non-hydrogen) atoms. The number of hydrogen-bond donors (Lipinski definition) is 3. The number of carbonyl (C=O) groups is 3. The van der Waals surface area contributed by atoms with Crippen LogP contribution in [0.4, 0.5) is 10.6 Å². The zero-order valence-electron chi connectivity index (χ0n) is 19.2. The fourth-order valence-corrected chi connectivity index (χ4v) is 4.14. The van der Waals surface area contributed by atoms with Gasteiger partial charge in [0.1, 0.15) is 24.0 Å². The molecule has 1 atom stereocenters. The number of amides is 2. The van der Waals surface area contributed by atoms with E-state index in [0.717, 1.165) is 28.5 Å². The molecule has 0 bridgehead atoms. The number of nitrogens with zero attached hydrogens (tertiary/aromatic N) is 2. The topological polar surface area (TPSA) is 123 Å².